The summed E-state index contributed by atoms with van der Waals surface area (Å²) in [6, 6.07) is 6.35. The molecule has 33 heavy (non-hydrogen) atoms. The molecule has 4 rings (SSSR count). The third-order valence-electron chi connectivity index (χ3n) is 6.29. The van der Waals surface area contributed by atoms with Crippen LogP contribution >= 0.6 is 0 Å². The number of pyridine rings is 1. The Morgan fingerprint density at radius 1 is 1.24 bits per heavy atom. The van der Waals surface area contributed by atoms with Crippen LogP contribution in [0.1, 0.15) is 57.8 Å². The van der Waals surface area contributed by atoms with Gasteiger partial charge in [-0.25, -0.2) is 4.98 Å². The maximum atomic E-state index is 13.0. The van der Waals surface area contributed by atoms with Crippen LogP contribution in [-0.4, -0.2) is 46.6 Å². The van der Waals surface area contributed by atoms with Crippen molar-refractivity contribution in [2.45, 2.75) is 44.4 Å². The van der Waals surface area contributed by atoms with Gasteiger partial charge in [-0.2, -0.15) is 13.2 Å². The van der Waals surface area contributed by atoms with E-state index in [2.05, 4.69) is 10.3 Å². The predicted molar refractivity (Wildman–Crippen MR) is 113 cm³/mol. The van der Waals surface area contributed by atoms with Gasteiger partial charge in [0.15, 0.2) is 0 Å². The zero-order valence-electron chi connectivity index (χ0n) is 18.0. The molecule has 2 aliphatic rings. The van der Waals surface area contributed by atoms with E-state index in [1.165, 1.54) is 13.2 Å². The second kappa shape index (κ2) is 9.01. The number of hydrogen-bond donors (Lipinski definition) is 2. The van der Waals surface area contributed by atoms with Gasteiger partial charge in [0, 0.05) is 24.8 Å². The van der Waals surface area contributed by atoms with Crippen LogP contribution in [0.3, 0.4) is 0 Å². The van der Waals surface area contributed by atoms with Crippen LogP contribution in [0.15, 0.2) is 30.3 Å². The maximum absolute atomic E-state index is 13.0. The highest BCUT2D eigenvalue weighted by Gasteiger charge is 2.36. The van der Waals surface area contributed by atoms with E-state index >= 15 is 0 Å². The average Bonchev–Trinajstić information content (AvgIpc) is 3.13. The first-order valence-electron chi connectivity index (χ1n) is 10.7. The molecule has 2 N–H and O–H groups in total. The highest BCUT2D eigenvalue weighted by Crippen LogP contribution is 2.37. The van der Waals surface area contributed by atoms with Crippen LogP contribution in [0.2, 0.25) is 0 Å². The smallest absolute Gasteiger partial charge is 0.433 e. The first-order chi connectivity index (χ1) is 15.7. The summed E-state index contributed by atoms with van der Waals surface area (Å²) >= 11 is 0. The lowest BCUT2D eigenvalue weighted by molar-refractivity contribution is -0.141. The molecule has 2 aromatic rings. The largest absolute Gasteiger partial charge is 0.495 e. The summed E-state index contributed by atoms with van der Waals surface area (Å²) in [6.45, 7) is 0.527. The number of nitrogens with zero attached hydrogens (tertiary/aromatic N) is 2. The van der Waals surface area contributed by atoms with E-state index in [4.69, 9.17) is 4.74 Å². The molecule has 176 valence electrons. The molecule has 1 aromatic carbocycles. The van der Waals surface area contributed by atoms with Crippen molar-refractivity contribution in [1.82, 2.24) is 9.88 Å². The molecular formula is C23H24F3N3O4. The third kappa shape index (κ3) is 4.66. The predicted octanol–water partition coefficient (Wildman–Crippen LogP) is 3.87. The van der Waals surface area contributed by atoms with Crippen molar-refractivity contribution in [3.05, 3.63) is 52.8 Å². The van der Waals surface area contributed by atoms with Gasteiger partial charge in [-0.1, -0.05) is 6.07 Å². The number of nitrogens with one attached hydrogen (secondary N) is 1. The second-order valence-electron chi connectivity index (χ2n) is 8.36. The minimum atomic E-state index is -4.66. The molecule has 1 aromatic heterocycles. The van der Waals surface area contributed by atoms with Crippen LogP contribution in [0, 0.1) is 5.92 Å². The first-order valence-corrected chi connectivity index (χ1v) is 10.7. The van der Waals surface area contributed by atoms with E-state index in [-0.39, 0.29) is 41.6 Å². The summed E-state index contributed by atoms with van der Waals surface area (Å²) in [7, 11) is 1.38. The average molecular weight is 463 g/mol. The van der Waals surface area contributed by atoms with Gasteiger partial charge in [-0.3, -0.25) is 9.59 Å². The number of fused-ring (bicyclic) bond motifs is 1. The first kappa shape index (κ1) is 23.0. The van der Waals surface area contributed by atoms with Gasteiger partial charge in [-0.15, -0.1) is 0 Å². The number of alkyl halides is 3. The van der Waals surface area contributed by atoms with E-state index in [1.807, 2.05) is 0 Å². The van der Waals surface area contributed by atoms with Crippen LogP contribution in [0.5, 0.6) is 5.75 Å². The number of carbonyl (C=O) groups excluding carboxylic acids is 2. The molecule has 1 saturated carbocycles. The lowest BCUT2D eigenvalue weighted by atomic mass is 9.86. The molecular weight excluding hydrogens is 439 g/mol. The second-order valence-corrected chi connectivity index (χ2v) is 8.36. The van der Waals surface area contributed by atoms with E-state index in [0.717, 1.165) is 37.8 Å². The standard InChI is InChI=1S/C23H24F3N3O4/c1-33-19-10-16-14(11-29(22(16)32)15-7-5-13(12-30)6-8-15)9-18(19)28-21(31)17-3-2-4-20(27-17)23(24,25)26/h2-4,9-10,13,15,30H,5-8,11-12H2,1H3,(H,28,31). The van der Waals surface area contributed by atoms with Gasteiger partial charge < -0.3 is 20.1 Å². The summed E-state index contributed by atoms with van der Waals surface area (Å²) in [5, 5.41) is 11.9. The van der Waals surface area contributed by atoms with Crippen molar-refractivity contribution in [1.29, 1.82) is 0 Å². The molecule has 10 heteroatoms. The Labute approximate surface area is 188 Å². The Bertz CT molecular complexity index is 1070. The fraction of sp³-hybridized carbons (Fsp3) is 0.435. The summed E-state index contributed by atoms with van der Waals surface area (Å²) < 4.78 is 44.1. The zero-order chi connectivity index (χ0) is 23.8. The molecule has 0 bridgehead atoms. The van der Waals surface area contributed by atoms with E-state index in [1.54, 1.807) is 17.0 Å². The van der Waals surface area contributed by atoms with Gasteiger partial charge in [-0.05, 0) is 61.4 Å². The molecule has 0 atom stereocenters. The zero-order valence-corrected chi connectivity index (χ0v) is 18.0. The number of aliphatic hydroxyl groups excluding tert-OH is 1. The van der Waals surface area contributed by atoms with Gasteiger partial charge in [0.2, 0.25) is 0 Å². The van der Waals surface area contributed by atoms with Crippen LogP contribution in [0.4, 0.5) is 18.9 Å². The summed E-state index contributed by atoms with van der Waals surface area (Å²) in [4.78, 5) is 30.8. The lowest BCUT2D eigenvalue weighted by Gasteiger charge is -2.34. The molecule has 0 spiro atoms. The molecule has 0 unspecified atom stereocenters. The topological polar surface area (TPSA) is 91.8 Å². The number of aromatic nitrogens is 1. The minimum Gasteiger partial charge on any atom is -0.495 e. The molecule has 1 aliphatic heterocycles. The number of benzene rings is 1. The van der Waals surface area contributed by atoms with Crippen LogP contribution in [0.25, 0.3) is 0 Å². The van der Waals surface area contributed by atoms with Crippen LogP contribution in [-0.2, 0) is 12.7 Å². The number of methoxy groups -OCH3 is 1. The van der Waals surface area contributed by atoms with Crippen molar-refractivity contribution in [3.63, 3.8) is 0 Å². The number of amides is 2. The summed E-state index contributed by atoms with van der Waals surface area (Å²) in [5.41, 5.74) is -0.109. The van der Waals surface area contributed by atoms with E-state index in [0.29, 0.717) is 17.7 Å². The number of anilines is 1. The monoisotopic (exact) mass is 463 g/mol. The number of halogens is 3. The fourth-order valence-electron chi connectivity index (χ4n) is 4.47. The highest BCUT2D eigenvalue weighted by molar-refractivity contribution is 6.05. The number of ether oxygens (including phenoxy) is 1. The molecule has 0 saturated heterocycles. The SMILES string of the molecule is COc1cc2c(cc1NC(=O)c1cccc(C(F)(F)F)n1)CN(C1CCC(CO)CC1)C2=O. The normalized spacial score (nSPS) is 20.5. The number of carbonyl (C=O) groups is 2. The summed E-state index contributed by atoms with van der Waals surface area (Å²) in [6.07, 6.45) is -1.33. The molecule has 2 heterocycles. The van der Waals surface area contributed by atoms with Gasteiger partial charge in [0.05, 0.1) is 12.8 Å². The van der Waals surface area contributed by atoms with Gasteiger partial charge in [0.1, 0.15) is 17.1 Å². The van der Waals surface area contributed by atoms with Crippen molar-refractivity contribution in [2.75, 3.05) is 19.0 Å². The minimum absolute atomic E-state index is 0.0750. The molecule has 2 amide bonds. The molecule has 1 fully saturated rings. The van der Waals surface area contributed by atoms with E-state index in [9.17, 15) is 27.9 Å². The van der Waals surface area contributed by atoms with Crippen LogP contribution < -0.4 is 10.1 Å². The maximum Gasteiger partial charge on any atom is 0.433 e. The summed E-state index contributed by atoms with van der Waals surface area (Å²) in [5.74, 6) is -0.433. The Kier molecular flexibility index (Phi) is 6.29. The lowest BCUT2D eigenvalue weighted by Crippen LogP contribution is -2.38. The van der Waals surface area contributed by atoms with Crippen molar-refractivity contribution < 1.29 is 32.6 Å². The quantitative estimate of drug-likeness (QED) is 0.703. The Balaban J connectivity index is 1.54. The van der Waals surface area contributed by atoms with Gasteiger partial charge in [0.25, 0.3) is 11.8 Å². The third-order valence-corrected chi connectivity index (χ3v) is 6.29. The number of hydrogen-bond acceptors (Lipinski definition) is 5. The Hall–Kier alpha value is -3.14. The molecule has 1 aliphatic carbocycles. The number of aliphatic hydroxyl groups is 1. The van der Waals surface area contributed by atoms with Crippen molar-refractivity contribution in [3.8, 4) is 5.75 Å². The van der Waals surface area contributed by atoms with Crippen molar-refractivity contribution >= 4 is 17.5 Å². The molecule has 7 nitrogen and oxygen atoms in total. The van der Waals surface area contributed by atoms with E-state index < -0.39 is 17.8 Å². The highest BCUT2D eigenvalue weighted by atomic mass is 19.4. The van der Waals surface area contributed by atoms with Gasteiger partial charge >= 0.3 is 6.18 Å². The van der Waals surface area contributed by atoms with Crippen molar-refractivity contribution in [2.24, 2.45) is 5.92 Å². The number of rotatable bonds is 5. The Morgan fingerprint density at radius 3 is 2.61 bits per heavy atom. The fourth-order valence-corrected chi connectivity index (χ4v) is 4.47. The Morgan fingerprint density at radius 2 is 1.97 bits per heavy atom. The molecule has 0 radical (unpaired) electrons.